The number of nitriles is 1. The van der Waals surface area contributed by atoms with Crippen molar-refractivity contribution in [1.82, 2.24) is 15.5 Å². The maximum Gasteiger partial charge on any atom is 0.318 e. The highest BCUT2D eigenvalue weighted by molar-refractivity contribution is 5.87. The van der Waals surface area contributed by atoms with Crippen LogP contribution in [-0.2, 0) is 4.79 Å². The van der Waals surface area contributed by atoms with Gasteiger partial charge in [0.1, 0.15) is 12.6 Å². The van der Waals surface area contributed by atoms with Gasteiger partial charge in [0.25, 0.3) is 0 Å². The van der Waals surface area contributed by atoms with Gasteiger partial charge in [0, 0.05) is 13.1 Å². The number of nitrogens with one attached hydrogen (secondary N) is 2. The van der Waals surface area contributed by atoms with Crippen molar-refractivity contribution in [1.29, 1.82) is 5.26 Å². The Morgan fingerprint density at radius 3 is 2.56 bits per heavy atom. The summed E-state index contributed by atoms with van der Waals surface area (Å²) in [6, 6.07) is 11.5. The normalized spacial score (nSPS) is 15.9. The van der Waals surface area contributed by atoms with Gasteiger partial charge < -0.3 is 15.5 Å². The molecule has 134 valence electrons. The summed E-state index contributed by atoms with van der Waals surface area (Å²) in [4.78, 5) is 26.3. The van der Waals surface area contributed by atoms with Crippen molar-refractivity contribution in [2.45, 2.75) is 44.6 Å². The molecular formula is C19H26N4O2. The molecular weight excluding hydrogens is 316 g/mol. The van der Waals surface area contributed by atoms with Crippen LogP contribution in [0.2, 0.25) is 0 Å². The maximum absolute atomic E-state index is 12.5. The summed E-state index contributed by atoms with van der Waals surface area (Å²) in [6.45, 7) is 3.29. The molecule has 0 bridgehead atoms. The first-order valence-electron chi connectivity index (χ1n) is 8.90. The van der Waals surface area contributed by atoms with E-state index in [1.807, 2.05) is 31.2 Å². The number of urea groups is 1. The molecule has 1 saturated heterocycles. The monoisotopic (exact) mass is 342 g/mol. The molecule has 1 aliphatic heterocycles. The Bertz CT molecular complexity index is 604. The van der Waals surface area contributed by atoms with E-state index in [2.05, 4.69) is 22.8 Å². The second kappa shape index (κ2) is 9.67. The number of carbonyl (C=O) groups excluding carboxylic acids is 2. The van der Waals surface area contributed by atoms with Gasteiger partial charge in [0.05, 0.1) is 6.07 Å². The first kappa shape index (κ1) is 18.8. The zero-order valence-corrected chi connectivity index (χ0v) is 14.7. The van der Waals surface area contributed by atoms with Gasteiger partial charge in [-0.15, -0.1) is 0 Å². The number of hydrogen-bond donors (Lipinski definition) is 2. The molecule has 1 aliphatic rings. The van der Waals surface area contributed by atoms with Crippen LogP contribution in [0.25, 0.3) is 0 Å². The molecule has 2 rings (SSSR count). The highest BCUT2D eigenvalue weighted by Gasteiger charge is 2.26. The largest absolute Gasteiger partial charge is 0.341 e. The van der Waals surface area contributed by atoms with Crippen molar-refractivity contribution in [2.75, 3.05) is 19.6 Å². The SMILES string of the molecule is CCCC(NC(=O)N1CCC(c2ccccc2)CC1)C(=O)NCC#N. The van der Waals surface area contributed by atoms with Gasteiger partial charge >= 0.3 is 6.03 Å². The average Bonchev–Trinajstić information content (AvgIpc) is 2.66. The van der Waals surface area contributed by atoms with Crippen LogP contribution in [0, 0.1) is 11.3 Å². The van der Waals surface area contributed by atoms with Crippen molar-refractivity contribution >= 4 is 11.9 Å². The first-order valence-corrected chi connectivity index (χ1v) is 8.90. The van der Waals surface area contributed by atoms with Crippen molar-refractivity contribution < 1.29 is 9.59 Å². The van der Waals surface area contributed by atoms with Crippen LogP contribution >= 0.6 is 0 Å². The van der Waals surface area contributed by atoms with Gasteiger partial charge in [-0.2, -0.15) is 5.26 Å². The van der Waals surface area contributed by atoms with Crippen LogP contribution in [0.3, 0.4) is 0 Å². The topological polar surface area (TPSA) is 85.2 Å². The van der Waals surface area contributed by atoms with E-state index in [1.54, 1.807) is 4.90 Å². The van der Waals surface area contributed by atoms with Crippen molar-refractivity contribution in [2.24, 2.45) is 0 Å². The van der Waals surface area contributed by atoms with Gasteiger partial charge in [-0.1, -0.05) is 43.7 Å². The summed E-state index contributed by atoms with van der Waals surface area (Å²) in [6.07, 6.45) is 3.19. The Balaban J connectivity index is 1.86. The van der Waals surface area contributed by atoms with Gasteiger partial charge in [-0.3, -0.25) is 4.79 Å². The van der Waals surface area contributed by atoms with E-state index in [1.165, 1.54) is 5.56 Å². The molecule has 6 nitrogen and oxygen atoms in total. The van der Waals surface area contributed by atoms with Crippen molar-refractivity contribution in [3.8, 4) is 6.07 Å². The highest BCUT2D eigenvalue weighted by Crippen LogP contribution is 2.27. The van der Waals surface area contributed by atoms with Crippen LogP contribution in [-0.4, -0.2) is 42.5 Å². The van der Waals surface area contributed by atoms with E-state index in [0.717, 1.165) is 19.3 Å². The number of carbonyl (C=O) groups is 2. The smallest absolute Gasteiger partial charge is 0.318 e. The van der Waals surface area contributed by atoms with Crippen molar-refractivity contribution in [3.05, 3.63) is 35.9 Å². The molecule has 1 aromatic rings. The molecule has 0 aliphatic carbocycles. The van der Waals surface area contributed by atoms with E-state index >= 15 is 0 Å². The quantitative estimate of drug-likeness (QED) is 0.778. The maximum atomic E-state index is 12.5. The number of amides is 3. The predicted octanol–water partition coefficient (Wildman–Crippen LogP) is 2.38. The van der Waals surface area contributed by atoms with Crippen LogP contribution in [0.5, 0.6) is 0 Å². The van der Waals surface area contributed by atoms with Gasteiger partial charge in [0.15, 0.2) is 0 Å². The van der Waals surface area contributed by atoms with Crippen LogP contribution in [0.4, 0.5) is 4.79 Å². The molecule has 0 radical (unpaired) electrons. The second-order valence-corrected chi connectivity index (χ2v) is 6.34. The van der Waals surface area contributed by atoms with Crippen LogP contribution < -0.4 is 10.6 Å². The minimum atomic E-state index is -0.585. The van der Waals surface area contributed by atoms with E-state index < -0.39 is 6.04 Å². The summed E-state index contributed by atoms with van der Waals surface area (Å²) >= 11 is 0. The third kappa shape index (κ3) is 5.49. The summed E-state index contributed by atoms with van der Waals surface area (Å²) in [5.41, 5.74) is 1.32. The zero-order valence-electron chi connectivity index (χ0n) is 14.7. The van der Waals surface area contributed by atoms with Crippen LogP contribution in [0.15, 0.2) is 30.3 Å². The minimum absolute atomic E-state index is 0.0443. The van der Waals surface area contributed by atoms with E-state index in [-0.39, 0.29) is 18.5 Å². The third-order valence-corrected chi connectivity index (χ3v) is 4.59. The summed E-state index contributed by atoms with van der Waals surface area (Å²) < 4.78 is 0. The number of piperidine rings is 1. The Labute approximate surface area is 149 Å². The molecule has 1 heterocycles. The molecule has 25 heavy (non-hydrogen) atoms. The number of likely N-dealkylation sites (tertiary alicyclic amines) is 1. The molecule has 0 aromatic heterocycles. The van der Waals surface area contributed by atoms with Gasteiger partial charge in [-0.05, 0) is 30.7 Å². The fourth-order valence-electron chi connectivity index (χ4n) is 3.19. The first-order chi connectivity index (χ1) is 12.2. The number of rotatable bonds is 6. The van der Waals surface area contributed by atoms with Crippen molar-refractivity contribution in [3.63, 3.8) is 0 Å². The lowest BCUT2D eigenvalue weighted by Crippen LogP contribution is -2.52. The number of benzene rings is 1. The predicted molar refractivity (Wildman–Crippen MR) is 95.8 cm³/mol. The molecule has 3 amide bonds. The molecule has 1 fully saturated rings. The Kier molecular flexibility index (Phi) is 7.27. The van der Waals surface area contributed by atoms with Crippen LogP contribution in [0.1, 0.15) is 44.1 Å². The Morgan fingerprint density at radius 2 is 1.96 bits per heavy atom. The molecule has 6 heteroatoms. The standard InChI is InChI=1S/C19H26N4O2/c1-2-6-17(18(24)21-12-11-20)22-19(25)23-13-9-16(10-14-23)15-7-4-3-5-8-15/h3-5,7-8,16-17H,2,6,9-10,12-14H2,1H3,(H,21,24)(H,22,25). The summed E-state index contributed by atoms with van der Waals surface area (Å²) in [5, 5.41) is 13.9. The second-order valence-electron chi connectivity index (χ2n) is 6.34. The minimum Gasteiger partial charge on any atom is -0.341 e. The van der Waals surface area contributed by atoms with E-state index in [4.69, 9.17) is 5.26 Å². The third-order valence-electron chi connectivity index (χ3n) is 4.59. The van der Waals surface area contributed by atoms with Gasteiger partial charge in [0.2, 0.25) is 5.91 Å². The van der Waals surface area contributed by atoms with E-state index in [9.17, 15) is 9.59 Å². The molecule has 2 N–H and O–H groups in total. The lowest BCUT2D eigenvalue weighted by atomic mass is 9.90. The highest BCUT2D eigenvalue weighted by atomic mass is 16.2. The summed E-state index contributed by atoms with van der Waals surface area (Å²) in [7, 11) is 0. The molecule has 1 aromatic carbocycles. The average molecular weight is 342 g/mol. The molecule has 1 atom stereocenters. The molecule has 0 spiro atoms. The fourth-order valence-corrected chi connectivity index (χ4v) is 3.19. The lowest BCUT2D eigenvalue weighted by molar-refractivity contribution is -0.122. The molecule has 0 saturated carbocycles. The summed E-state index contributed by atoms with van der Waals surface area (Å²) in [5.74, 6) is 0.187. The number of hydrogen-bond acceptors (Lipinski definition) is 3. The van der Waals surface area contributed by atoms with Gasteiger partial charge in [-0.25, -0.2) is 4.79 Å². The lowest BCUT2D eigenvalue weighted by Gasteiger charge is -2.33. The fraction of sp³-hybridized carbons (Fsp3) is 0.526. The molecule has 1 unspecified atom stereocenters. The number of nitrogens with zero attached hydrogens (tertiary/aromatic N) is 2. The zero-order chi connectivity index (χ0) is 18.1. The Hall–Kier alpha value is -2.55. The van der Waals surface area contributed by atoms with E-state index in [0.29, 0.717) is 25.4 Å². The Morgan fingerprint density at radius 1 is 1.28 bits per heavy atom.